The molecule has 4 aromatic rings. The quantitative estimate of drug-likeness (QED) is 0.576. The summed E-state index contributed by atoms with van der Waals surface area (Å²) in [5.41, 5.74) is 3.70. The van der Waals surface area contributed by atoms with Crippen LogP contribution in [0.3, 0.4) is 0 Å². The van der Waals surface area contributed by atoms with E-state index in [1.165, 1.54) is 18.5 Å². The van der Waals surface area contributed by atoms with Crippen LogP contribution >= 0.6 is 0 Å². The second kappa shape index (κ2) is 7.84. The predicted octanol–water partition coefficient (Wildman–Crippen LogP) is 4.00. The SMILES string of the molecule is O=C(NCc1cc(-c2ccc(F)cc2)ncn1)c1ccc(-n2cccc2)cc1. The smallest absolute Gasteiger partial charge is 0.251 e. The summed E-state index contributed by atoms with van der Waals surface area (Å²) in [5.74, 6) is -0.478. The largest absolute Gasteiger partial charge is 0.346 e. The van der Waals surface area contributed by atoms with Gasteiger partial charge in [0.05, 0.1) is 17.9 Å². The van der Waals surface area contributed by atoms with E-state index >= 15 is 0 Å². The van der Waals surface area contributed by atoms with Gasteiger partial charge < -0.3 is 9.88 Å². The number of rotatable bonds is 5. The van der Waals surface area contributed by atoms with Crippen molar-refractivity contribution in [2.45, 2.75) is 6.54 Å². The summed E-state index contributed by atoms with van der Waals surface area (Å²) in [6, 6.07) is 19.1. The molecule has 2 aromatic carbocycles. The number of nitrogens with zero attached hydrogens (tertiary/aromatic N) is 3. The van der Waals surface area contributed by atoms with Gasteiger partial charge in [0.1, 0.15) is 12.1 Å². The van der Waals surface area contributed by atoms with Gasteiger partial charge in [-0.05, 0) is 66.7 Å². The zero-order chi connectivity index (χ0) is 19.3. The summed E-state index contributed by atoms with van der Waals surface area (Å²) >= 11 is 0. The van der Waals surface area contributed by atoms with Crippen molar-refractivity contribution >= 4 is 5.91 Å². The average molecular weight is 372 g/mol. The van der Waals surface area contributed by atoms with Crippen molar-refractivity contribution in [3.63, 3.8) is 0 Å². The number of carbonyl (C=O) groups is 1. The van der Waals surface area contributed by atoms with Crippen LogP contribution in [-0.2, 0) is 6.54 Å². The van der Waals surface area contributed by atoms with Crippen molar-refractivity contribution in [3.05, 3.63) is 103 Å². The lowest BCUT2D eigenvalue weighted by Crippen LogP contribution is -2.23. The van der Waals surface area contributed by atoms with Gasteiger partial charge in [0.25, 0.3) is 5.91 Å². The third-order valence-corrected chi connectivity index (χ3v) is 4.33. The van der Waals surface area contributed by atoms with Crippen LogP contribution in [0.25, 0.3) is 16.9 Å². The number of carbonyl (C=O) groups excluding carboxylic acids is 1. The van der Waals surface area contributed by atoms with Gasteiger partial charge in [-0.1, -0.05) is 0 Å². The fraction of sp³-hybridized carbons (Fsp3) is 0.0455. The van der Waals surface area contributed by atoms with Gasteiger partial charge in [-0.15, -0.1) is 0 Å². The average Bonchev–Trinajstić information content (AvgIpc) is 3.28. The zero-order valence-electron chi connectivity index (χ0n) is 14.9. The molecule has 2 heterocycles. The van der Waals surface area contributed by atoms with E-state index in [2.05, 4.69) is 15.3 Å². The van der Waals surface area contributed by atoms with Crippen LogP contribution < -0.4 is 5.32 Å². The molecule has 1 amide bonds. The van der Waals surface area contributed by atoms with Gasteiger partial charge in [0, 0.05) is 29.2 Å². The first-order valence-electron chi connectivity index (χ1n) is 8.77. The molecule has 138 valence electrons. The van der Waals surface area contributed by atoms with E-state index < -0.39 is 0 Å². The molecule has 0 aliphatic rings. The second-order valence-corrected chi connectivity index (χ2v) is 6.22. The number of nitrogens with one attached hydrogen (secondary N) is 1. The molecular formula is C22H17FN4O. The molecule has 28 heavy (non-hydrogen) atoms. The standard InChI is InChI=1S/C22H17FN4O/c23-18-7-3-16(4-8-18)21-13-19(25-15-26-21)14-24-22(28)17-5-9-20(10-6-17)27-11-1-2-12-27/h1-13,15H,14H2,(H,24,28). The normalized spacial score (nSPS) is 10.6. The van der Waals surface area contributed by atoms with Gasteiger partial charge in [-0.25, -0.2) is 14.4 Å². The fourth-order valence-corrected chi connectivity index (χ4v) is 2.84. The maximum Gasteiger partial charge on any atom is 0.251 e. The van der Waals surface area contributed by atoms with Gasteiger partial charge in [-0.2, -0.15) is 0 Å². The molecule has 0 aliphatic carbocycles. The Bertz CT molecular complexity index is 1070. The molecular weight excluding hydrogens is 355 g/mol. The molecule has 0 aliphatic heterocycles. The summed E-state index contributed by atoms with van der Waals surface area (Å²) in [5, 5.41) is 2.86. The minimum Gasteiger partial charge on any atom is -0.346 e. The van der Waals surface area contributed by atoms with Crippen LogP contribution in [0, 0.1) is 5.82 Å². The molecule has 0 fully saturated rings. The van der Waals surface area contributed by atoms with E-state index in [9.17, 15) is 9.18 Å². The molecule has 0 unspecified atom stereocenters. The van der Waals surface area contributed by atoms with Crippen molar-refractivity contribution in [2.75, 3.05) is 0 Å². The molecule has 1 N–H and O–H groups in total. The topological polar surface area (TPSA) is 59.8 Å². The minimum atomic E-state index is -0.298. The van der Waals surface area contributed by atoms with Crippen molar-refractivity contribution < 1.29 is 9.18 Å². The first-order valence-corrected chi connectivity index (χ1v) is 8.77. The number of aromatic nitrogens is 3. The number of hydrogen-bond donors (Lipinski definition) is 1. The Kier molecular flexibility index (Phi) is 4.93. The lowest BCUT2D eigenvalue weighted by atomic mass is 10.1. The van der Waals surface area contributed by atoms with Crippen molar-refractivity contribution in [2.24, 2.45) is 0 Å². The van der Waals surface area contributed by atoms with Crippen LogP contribution in [0.5, 0.6) is 0 Å². The van der Waals surface area contributed by atoms with Crippen LogP contribution in [0.2, 0.25) is 0 Å². The van der Waals surface area contributed by atoms with E-state index in [0.29, 0.717) is 17.0 Å². The summed E-state index contributed by atoms with van der Waals surface area (Å²) in [7, 11) is 0. The number of amides is 1. The Balaban J connectivity index is 1.42. The van der Waals surface area contributed by atoms with E-state index in [1.807, 2.05) is 41.2 Å². The molecule has 4 rings (SSSR count). The monoisotopic (exact) mass is 372 g/mol. The maximum atomic E-state index is 13.1. The summed E-state index contributed by atoms with van der Waals surface area (Å²) in [6.07, 6.45) is 5.33. The van der Waals surface area contributed by atoms with E-state index in [-0.39, 0.29) is 18.3 Å². The highest BCUT2D eigenvalue weighted by molar-refractivity contribution is 5.94. The summed E-state index contributed by atoms with van der Waals surface area (Å²) in [6.45, 7) is 0.273. The highest BCUT2D eigenvalue weighted by Crippen LogP contribution is 2.17. The van der Waals surface area contributed by atoms with Crippen LogP contribution in [0.1, 0.15) is 16.1 Å². The first kappa shape index (κ1) is 17.6. The third-order valence-electron chi connectivity index (χ3n) is 4.33. The number of benzene rings is 2. The molecule has 0 radical (unpaired) electrons. The molecule has 2 aromatic heterocycles. The Morgan fingerprint density at radius 1 is 0.964 bits per heavy atom. The van der Waals surface area contributed by atoms with Gasteiger partial charge >= 0.3 is 0 Å². The molecule has 0 saturated heterocycles. The van der Waals surface area contributed by atoms with Gasteiger partial charge in [-0.3, -0.25) is 4.79 Å². The number of halogens is 1. The van der Waals surface area contributed by atoms with Gasteiger partial charge in [0.15, 0.2) is 0 Å². The van der Waals surface area contributed by atoms with Crippen LogP contribution in [0.4, 0.5) is 4.39 Å². The highest BCUT2D eigenvalue weighted by atomic mass is 19.1. The second-order valence-electron chi connectivity index (χ2n) is 6.22. The Hall–Kier alpha value is -3.80. The van der Waals surface area contributed by atoms with Crippen LogP contribution in [0.15, 0.2) is 85.5 Å². The Labute approximate surface area is 161 Å². The Morgan fingerprint density at radius 2 is 1.68 bits per heavy atom. The zero-order valence-corrected chi connectivity index (χ0v) is 14.9. The predicted molar refractivity (Wildman–Crippen MR) is 104 cm³/mol. The van der Waals surface area contributed by atoms with E-state index in [1.54, 1.807) is 30.3 Å². The summed E-state index contributed by atoms with van der Waals surface area (Å²) in [4.78, 5) is 20.8. The fourth-order valence-electron chi connectivity index (χ4n) is 2.84. The lowest BCUT2D eigenvalue weighted by Gasteiger charge is -2.08. The number of hydrogen-bond acceptors (Lipinski definition) is 3. The highest BCUT2D eigenvalue weighted by Gasteiger charge is 2.08. The van der Waals surface area contributed by atoms with Crippen molar-refractivity contribution in [1.82, 2.24) is 19.9 Å². The Morgan fingerprint density at radius 3 is 2.39 bits per heavy atom. The molecule has 5 nitrogen and oxygen atoms in total. The van der Waals surface area contributed by atoms with Crippen molar-refractivity contribution in [1.29, 1.82) is 0 Å². The molecule has 0 spiro atoms. The molecule has 0 saturated carbocycles. The lowest BCUT2D eigenvalue weighted by molar-refractivity contribution is 0.0950. The third kappa shape index (κ3) is 3.96. The first-order chi connectivity index (χ1) is 13.7. The maximum absolute atomic E-state index is 13.1. The van der Waals surface area contributed by atoms with Crippen LogP contribution in [-0.4, -0.2) is 20.4 Å². The molecule has 0 atom stereocenters. The molecule has 6 heteroatoms. The minimum absolute atomic E-state index is 0.180. The van der Waals surface area contributed by atoms with E-state index in [4.69, 9.17) is 0 Å². The molecule has 0 bridgehead atoms. The van der Waals surface area contributed by atoms with Crippen molar-refractivity contribution in [3.8, 4) is 16.9 Å². The summed E-state index contributed by atoms with van der Waals surface area (Å²) < 4.78 is 15.0. The van der Waals surface area contributed by atoms with Gasteiger partial charge in [0.2, 0.25) is 0 Å². The van der Waals surface area contributed by atoms with E-state index in [0.717, 1.165) is 11.3 Å².